The van der Waals surface area contributed by atoms with Crippen molar-refractivity contribution in [3.8, 4) is 0 Å². The fourth-order valence-corrected chi connectivity index (χ4v) is 3.07. The van der Waals surface area contributed by atoms with Gasteiger partial charge in [0.25, 0.3) is 5.91 Å². The van der Waals surface area contributed by atoms with Gasteiger partial charge in [-0.05, 0) is 25.0 Å². The van der Waals surface area contributed by atoms with Crippen LogP contribution in [0.1, 0.15) is 23.2 Å². The molecule has 1 fully saturated rings. The van der Waals surface area contributed by atoms with Crippen LogP contribution in [0.5, 0.6) is 0 Å². The highest BCUT2D eigenvalue weighted by Gasteiger charge is 2.19. The van der Waals surface area contributed by atoms with Crippen LogP contribution in [-0.2, 0) is 4.74 Å². The van der Waals surface area contributed by atoms with Crippen LogP contribution in [0.15, 0.2) is 18.2 Å². The van der Waals surface area contributed by atoms with Gasteiger partial charge in [0.15, 0.2) is 0 Å². The van der Waals surface area contributed by atoms with Crippen molar-refractivity contribution < 1.29 is 9.53 Å². The molecule has 1 aliphatic heterocycles. The summed E-state index contributed by atoms with van der Waals surface area (Å²) >= 11 is 12.0. The smallest absolute Gasteiger partial charge is 0.254 e. The third-order valence-electron chi connectivity index (χ3n) is 3.77. The molecule has 0 aromatic heterocycles. The molecule has 0 atom stereocenters. The van der Waals surface area contributed by atoms with E-state index in [9.17, 15) is 4.79 Å². The Balaban J connectivity index is 1.77. The molecule has 6 heteroatoms. The summed E-state index contributed by atoms with van der Waals surface area (Å²) in [4.78, 5) is 14.4. The Hall–Kier alpha value is -0.810. The molecule has 0 saturated carbocycles. The number of hydrogen-bond donors (Lipinski definition) is 1. The van der Waals surface area contributed by atoms with Crippen molar-refractivity contribution in [2.75, 3.05) is 33.3 Å². The van der Waals surface area contributed by atoms with Crippen LogP contribution in [0.4, 0.5) is 0 Å². The van der Waals surface area contributed by atoms with E-state index in [1.165, 1.54) is 0 Å². The molecule has 2 rings (SSSR count). The van der Waals surface area contributed by atoms with Crippen molar-refractivity contribution in [3.05, 3.63) is 33.8 Å². The number of nitrogens with one attached hydrogen (secondary N) is 1. The molecule has 21 heavy (non-hydrogen) atoms. The van der Waals surface area contributed by atoms with Gasteiger partial charge in [0.2, 0.25) is 0 Å². The number of halogens is 2. The second kappa shape index (κ2) is 7.99. The van der Waals surface area contributed by atoms with Crippen LogP contribution in [0.2, 0.25) is 10.0 Å². The summed E-state index contributed by atoms with van der Waals surface area (Å²) in [6, 6.07) is 5.05. The van der Waals surface area contributed by atoms with Gasteiger partial charge in [0.1, 0.15) is 0 Å². The first-order chi connectivity index (χ1) is 10.1. The number of hydrogen-bond acceptors (Lipinski definition) is 3. The van der Waals surface area contributed by atoms with Gasteiger partial charge in [-0.2, -0.15) is 0 Å². The number of rotatable bonds is 5. The Morgan fingerprint density at radius 1 is 1.33 bits per heavy atom. The summed E-state index contributed by atoms with van der Waals surface area (Å²) in [5, 5.41) is 3.62. The minimum atomic E-state index is -0.225. The lowest BCUT2D eigenvalue weighted by Gasteiger charge is -2.31. The fourth-order valence-electron chi connectivity index (χ4n) is 2.50. The highest BCUT2D eigenvalue weighted by Crippen LogP contribution is 2.23. The van der Waals surface area contributed by atoms with E-state index in [1.54, 1.807) is 25.3 Å². The van der Waals surface area contributed by atoms with Crippen LogP contribution < -0.4 is 5.32 Å². The zero-order valence-electron chi connectivity index (χ0n) is 12.1. The maximum Gasteiger partial charge on any atom is 0.254 e. The highest BCUT2D eigenvalue weighted by atomic mass is 35.5. The van der Waals surface area contributed by atoms with E-state index < -0.39 is 0 Å². The minimum Gasteiger partial charge on any atom is -0.381 e. The van der Waals surface area contributed by atoms with E-state index in [0.717, 1.165) is 32.5 Å². The van der Waals surface area contributed by atoms with Crippen LogP contribution in [-0.4, -0.2) is 50.2 Å². The largest absolute Gasteiger partial charge is 0.381 e. The first-order valence-electron chi connectivity index (χ1n) is 7.09. The Morgan fingerprint density at radius 2 is 1.95 bits per heavy atom. The van der Waals surface area contributed by atoms with Crippen LogP contribution in [0.3, 0.4) is 0 Å². The molecule has 4 nitrogen and oxygen atoms in total. The number of ether oxygens (including phenoxy) is 1. The van der Waals surface area contributed by atoms with Crippen molar-refractivity contribution in [2.24, 2.45) is 0 Å². The number of carbonyl (C=O) groups excluding carboxylic acids is 1. The first kappa shape index (κ1) is 16.6. The molecule has 0 spiro atoms. The summed E-state index contributed by atoms with van der Waals surface area (Å²) in [7, 11) is 1.76. The van der Waals surface area contributed by atoms with E-state index in [1.807, 2.05) is 0 Å². The van der Waals surface area contributed by atoms with Gasteiger partial charge in [0.05, 0.1) is 21.7 Å². The summed E-state index contributed by atoms with van der Waals surface area (Å²) < 4.78 is 5.34. The molecule has 0 radical (unpaired) electrons. The standard InChI is InChI=1S/C15H20Cl2N2O2/c1-21-11-5-8-19(9-6-11)10-7-18-15(20)14-12(16)3-2-4-13(14)17/h2-4,11H,5-10H2,1H3,(H,18,20). The van der Waals surface area contributed by atoms with Gasteiger partial charge >= 0.3 is 0 Å². The third kappa shape index (κ3) is 4.58. The molecule has 1 aliphatic rings. The Bertz CT molecular complexity index is 468. The van der Waals surface area contributed by atoms with E-state index >= 15 is 0 Å². The molecule has 1 N–H and O–H groups in total. The first-order valence-corrected chi connectivity index (χ1v) is 7.84. The highest BCUT2D eigenvalue weighted by molar-refractivity contribution is 6.39. The van der Waals surface area contributed by atoms with Gasteiger partial charge in [0, 0.05) is 33.3 Å². The molecule has 1 aromatic rings. The lowest BCUT2D eigenvalue weighted by molar-refractivity contribution is 0.0413. The lowest BCUT2D eigenvalue weighted by Crippen LogP contribution is -2.41. The van der Waals surface area contributed by atoms with E-state index in [0.29, 0.717) is 28.3 Å². The monoisotopic (exact) mass is 330 g/mol. The molecule has 1 amide bonds. The number of piperidine rings is 1. The Labute approximate surface area is 135 Å². The molecule has 0 aliphatic carbocycles. The summed E-state index contributed by atoms with van der Waals surface area (Å²) in [6.07, 6.45) is 2.46. The Kier molecular flexibility index (Phi) is 6.30. The maximum atomic E-state index is 12.1. The molecule has 116 valence electrons. The molecular weight excluding hydrogens is 311 g/mol. The van der Waals surface area contributed by atoms with Crippen molar-refractivity contribution in [3.63, 3.8) is 0 Å². The second-order valence-electron chi connectivity index (χ2n) is 5.13. The number of likely N-dealkylation sites (tertiary alicyclic amines) is 1. The molecule has 1 heterocycles. The van der Waals surface area contributed by atoms with Crippen molar-refractivity contribution in [2.45, 2.75) is 18.9 Å². The summed E-state index contributed by atoms with van der Waals surface area (Å²) in [6.45, 7) is 3.41. The van der Waals surface area contributed by atoms with Crippen LogP contribution in [0.25, 0.3) is 0 Å². The molecule has 1 aromatic carbocycles. The number of methoxy groups -OCH3 is 1. The average molecular weight is 331 g/mol. The van der Waals surface area contributed by atoms with Crippen molar-refractivity contribution in [1.82, 2.24) is 10.2 Å². The predicted octanol–water partition coefficient (Wildman–Crippen LogP) is 2.83. The van der Waals surface area contributed by atoms with Gasteiger partial charge < -0.3 is 15.0 Å². The Morgan fingerprint density at radius 3 is 2.52 bits per heavy atom. The van der Waals surface area contributed by atoms with Gasteiger partial charge in [-0.1, -0.05) is 29.3 Å². The number of amides is 1. The molecule has 1 saturated heterocycles. The lowest BCUT2D eigenvalue weighted by atomic mass is 10.1. The SMILES string of the molecule is COC1CCN(CCNC(=O)c2c(Cl)cccc2Cl)CC1. The summed E-state index contributed by atoms with van der Waals surface area (Å²) in [5.74, 6) is -0.225. The molecular formula is C15H20Cl2N2O2. The maximum absolute atomic E-state index is 12.1. The third-order valence-corrected chi connectivity index (χ3v) is 4.40. The average Bonchev–Trinajstić information content (AvgIpc) is 2.48. The van der Waals surface area contributed by atoms with E-state index in [-0.39, 0.29) is 5.91 Å². The van der Waals surface area contributed by atoms with E-state index in [2.05, 4.69) is 10.2 Å². The van der Waals surface area contributed by atoms with Gasteiger partial charge in [-0.15, -0.1) is 0 Å². The van der Waals surface area contributed by atoms with Crippen LogP contribution >= 0.6 is 23.2 Å². The minimum absolute atomic E-state index is 0.225. The second-order valence-corrected chi connectivity index (χ2v) is 5.94. The zero-order chi connectivity index (χ0) is 15.2. The quantitative estimate of drug-likeness (QED) is 0.902. The fraction of sp³-hybridized carbons (Fsp3) is 0.533. The zero-order valence-corrected chi connectivity index (χ0v) is 13.6. The number of carbonyl (C=O) groups is 1. The van der Waals surface area contributed by atoms with Gasteiger partial charge in [-0.25, -0.2) is 0 Å². The van der Waals surface area contributed by atoms with E-state index in [4.69, 9.17) is 27.9 Å². The van der Waals surface area contributed by atoms with Crippen molar-refractivity contribution >= 4 is 29.1 Å². The normalized spacial score (nSPS) is 16.9. The predicted molar refractivity (Wildman–Crippen MR) is 85.3 cm³/mol. The van der Waals surface area contributed by atoms with Crippen LogP contribution in [0, 0.1) is 0 Å². The topological polar surface area (TPSA) is 41.6 Å². The molecule has 0 unspecified atom stereocenters. The molecule has 0 bridgehead atoms. The number of benzene rings is 1. The number of nitrogens with zero attached hydrogens (tertiary/aromatic N) is 1. The van der Waals surface area contributed by atoms with Gasteiger partial charge in [-0.3, -0.25) is 4.79 Å². The summed E-state index contributed by atoms with van der Waals surface area (Å²) in [5.41, 5.74) is 0.346. The van der Waals surface area contributed by atoms with Crippen molar-refractivity contribution in [1.29, 1.82) is 0 Å².